The number of aryl methyl sites for hydroxylation is 2. The predicted octanol–water partition coefficient (Wildman–Crippen LogP) is 16.4. The molecule has 0 unspecified atom stereocenters. The van der Waals surface area contributed by atoms with Crippen LogP contribution in [0.1, 0.15) is 89.0 Å². The van der Waals surface area contributed by atoms with Crippen molar-refractivity contribution in [1.82, 2.24) is 0 Å². The minimum atomic E-state index is -0.158. The summed E-state index contributed by atoms with van der Waals surface area (Å²) in [6.07, 6.45) is 5.93. The average molecular weight is 1360 g/mol. The van der Waals surface area contributed by atoms with Gasteiger partial charge in [0.25, 0.3) is 0 Å². The monoisotopic (exact) mass is 1360 g/mol. The van der Waals surface area contributed by atoms with E-state index in [4.69, 9.17) is 9.47 Å². The van der Waals surface area contributed by atoms with Gasteiger partial charge in [0.2, 0.25) is 0 Å². The molecule has 2 aliphatic heterocycles. The van der Waals surface area contributed by atoms with E-state index in [1.54, 1.807) is 12.1 Å². The number of benzene rings is 10. The van der Waals surface area contributed by atoms with Gasteiger partial charge in [-0.2, -0.15) is 0 Å². The Morgan fingerprint density at radius 2 is 0.705 bits per heavy atom. The van der Waals surface area contributed by atoms with E-state index in [0.717, 1.165) is 74.4 Å². The number of halogens is 2. The first-order valence-electron chi connectivity index (χ1n) is 26.9. The second kappa shape index (κ2) is 24.9. The zero-order valence-corrected chi connectivity index (χ0v) is 50.2. The number of hydrogen-bond donors (Lipinski definition) is 0. The summed E-state index contributed by atoms with van der Waals surface area (Å²) < 4.78 is 41.9. The molecule has 2 nitrogen and oxygen atoms in total. The largest absolute Gasteiger partial charge is 0.444 e. The van der Waals surface area contributed by atoms with Gasteiger partial charge in [-0.1, -0.05) is 231 Å². The fraction of sp³-hybridized carbons (Fsp3) is 0.194. The molecule has 12 rings (SSSR count). The summed E-state index contributed by atoms with van der Waals surface area (Å²) in [4.78, 5) is 0. The summed E-state index contributed by atoms with van der Waals surface area (Å²) in [5, 5.41) is 4.92. The van der Waals surface area contributed by atoms with E-state index in [1.807, 2.05) is 12.1 Å². The molecule has 78 heavy (non-hydrogen) atoms. The van der Waals surface area contributed by atoms with Gasteiger partial charge in [0.15, 0.2) is 0 Å². The normalized spacial score (nSPS) is 13.4. The molecule has 2 heterocycles. The Bertz CT molecular complexity index is 3690. The Hall–Kier alpha value is -6.12. The van der Waals surface area contributed by atoms with Crippen molar-refractivity contribution >= 4 is 21.5 Å². The molecule has 0 aromatic heterocycles. The van der Waals surface area contributed by atoms with Crippen LogP contribution in [0.15, 0.2) is 194 Å². The van der Waals surface area contributed by atoms with Gasteiger partial charge in [0.1, 0.15) is 11.6 Å². The van der Waals surface area contributed by atoms with Gasteiger partial charge in [-0.05, 0) is 151 Å². The molecule has 2 saturated heterocycles. The molecule has 0 bridgehead atoms. The zero-order chi connectivity index (χ0) is 51.5. The minimum absolute atomic E-state index is 0. The molecule has 0 aliphatic carbocycles. The number of ether oxygens (including phenoxy) is 2. The molecule has 0 amide bonds. The maximum absolute atomic E-state index is 15.7. The smallest absolute Gasteiger partial charge is 0.127 e. The summed E-state index contributed by atoms with van der Waals surface area (Å²) in [6.45, 7) is 7.42. The van der Waals surface area contributed by atoms with Crippen LogP contribution < -0.4 is 0 Å². The van der Waals surface area contributed by atoms with E-state index in [0.29, 0.717) is 36.8 Å². The average Bonchev–Trinajstić information content (AvgIpc) is 3.61. The van der Waals surface area contributed by atoms with Crippen LogP contribution in [0.25, 0.3) is 32.7 Å². The van der Waals surface area contributed by atoms with Crippen LogP contribution in [0.4, 0.5) is 8.78 Å². The Morgan fingerprint density at radius 3 is 1.14 bits per heavy atom. The van der Waals surface area contributed by atoms with Gasteiger partial charge < -0.3 is 9.47 Å². The van der Waals surface area contributed by atoms with E-state index in [1.165, 1.54) is 100 Å². The first kappa shape index (κ1) is 55.2. The summed E-state index contributed by atoms with van der Waals surface area (Å²) in [5.41, 5.74) is 20.4. The summed E-state index contributed by atoms with van der Waals surface area (Å²) >= 11 is 0. The molecule has 0 spiro atoms. The van der Waals surface area contributed by atoms with Gasteiger partial charge in [-0.25, -0.2) is 8.78 Å². The molecule has 0 saturated carbocycles. The van der Waals surface area contributed by atoms with Crippen LogP contribution in [-0.2, 0) is 103 Å². The zero-order valence-electron chi connectivity index (χ0n) is 44.3. The number of fused-ring (bicyclic) bond motifs is 2. The second-order valence-electron chi connectivity index (χ2n) is 21.7. The fourth-order valence-corrected chi connectivity index (χ4v) is 11.2. The van der Waals surface area contributed by atoms with Gasteiger partial charge >= 0.3 is 0 Å². The molecule has 2 aliphatic rings. The van der Waals surface area contributed by atoms with Crippen molar-refractivity contribution in [3.8, 4) is 11.1 Å². The second-order valence-corrected chi connectivity index (χ2v) is 21.7. The minimum Gasteiger partial charge on any atom is -0.444 e. The molecule has 0 atom stereocenters. The van der Waals surface area contributed by atoms with Gasteiger partial charge in [-0.15, -0.1) is 12.8 Å². The summed E-state index contributed by atoms with van der Waals surface area (Å²) in [7, 11) is 0. The maximum Gasteiger partial charge on any atom is 0.127 e. The SMILES string of the molecule is Cc1ccc2c(-c3c(Cc4ccc(Cc5ccc(Cc6ccc(C[C-]7COC7)cc6)cc5F)cc4)ccc4cc(C)ccc34)cc(Cc3ccc(Cc4ccc(Cc5ccc(C[C-]6COC6)cc5)cc4F)cc3)cc2c1.[W].[W]. The van der Waals surface area contributed by atoms with E-state index in [-0.39, 0.29) is 53.8 Å². The third-order valence-corrected chi connectivity index (χ3v) is 15.6. The van der Waals surface area contributed by atoms with Crippen LogP contribution in [0.3, 0.4) is 0 Å². The maximum atomic E-state index is 15.7. The van der Waals surface area contributed by atoms with Crippen molar-refractivity contribution in [2.45, 2.75) is 65.2 Å². The standard InChI is InChI=1S/C72H62F2O2.2W/c1-47-4-28-68-62(29-47)25-26-65(38-56-19-17-55(18-20-56)37-64-24-22-58(42-71(64)74)32-50-7-11-53(12-8-50)35-61-45-76-46-61)72(68)69-40-59(39-66-30-48(2)3-27-67(66)69)33-51-13-15-54(16-14-51)36-63-23-21-57(41-70(63)73)31-49-5-9-52(10-6-49)34-60-43-75-44-60;;/h3-30,39-42H,31-38,43-46H2,1-2H3;;/q-2;;. The van der Waals surface area contributed by atoms with Crippen LogP contribution in [-0.4, -0.2) is 26.4 Å². The fourth-order valence-electron chi connectivity index (χ4n) is 11.2. The van der Waals surface area contributed by atoms with E-state index in [2.05, 4.69) is 184 Å². The molecular weight excluding hydrogens is 1300 g/mol. The third-order valence-electron chi connectivity index (χ3n) is 15.6. The quantitative estimate of drug-likeness (QED) is 0.0846. The van der Waals surface area contributed by atoms with Crippen molar-refractivity contribution in [3.63, 3.8) is 0 Å². The van der Waals surface area contributed by atoms with Crippen LogP contribution in [0.2, 0.25) is 0 Å². The van der Waals surface area contributed by atoms with E-state index in [9.17, 15) is 0 Å². The Kier molecular flexibility index (Phi) is 17.6. The van der Waals surface area contributed by atoms with Crippen molar-refractivity contribution in [3.05, 3.63) is 307 Å². The Labute approximate surface area is 487 Å². The van der Waals surface area contributed by atoms with Crippen molar-refractivity contribution < 1.29 is 60.4 Å². The van der Waals surface area contributed by atoms with Gasteiger partial charge in [0.05, 0.1) is 0 Å². The van der Waals surface area contributed by atoms with E-state index < -0.39 is 0 Å². The number of rotatable bonds is 17. The molecule has 6 heteroatoms. The molecule has 10 aromatic carbocycles. The van der Waals surface area contributed by atoms with Crippen LogP contribution in [0.5, 0.6) is 0 Å². The van der Waals surface area contributed by atoms with Crippen molar-refractivity contribution in [2.75, 3.05) is 26.4 Å². The molecular formula is C72H62F2O2W2-2. The molecule has 0 radical (unpaired) electrons. The third kappa shape index (κ3) is 13.1. The molecule has 2 fully saturated rings. The van der Waals surface area contributed by atoms with Crippen molar-refractivity contribution in [1.29, 1.82) is 0 Å². The summed E-state index contributed by atoms with van der Waals surface area (Å²) in [6, 6.07) is 69.2. The predicted molar refractivity (Wildman–Crippen MR) is 307 cm³/mol. The van der Waals surface area contributed by atoms with Crippen LogP contribution in [0, 0.1) is 37.3 Å². The number of hydrogen-bond acceptors (Lipinski definition) is 2. The molecule has 390 valence electrons. The van der Waals surface area contributed by atoms with Crippen LogP contribution >= 0.6 is 0 Å². The molecule has 10 aromatic rings. The Balaban J connectivity index is 0.00000344. The topological polar surface area (TPSA) is 18.5 Å². The molecule has 0 N–H and O–H groups in total. The Morgan fingerprint density at radius 1 is 0.333 bits per heavy atom. The first-order valence-corrected chi connectivity index (χ1v) is 26.9. The van der Waals surface area contributed by atoms with E-state index >= 15 is 8.78 Å². The van der Waals surface area contributed by atoms with Crippen molar-refractivity contribution in [2.24, 2.45) is 0 Å². The van der Waals surface area contributed by atoms with Gasteiger partial charge in [-0.3, -0.25) is 11.8 Å². The van der Waals surface area contributed by atoms with Gasteiger partial charge in [0, 0.05) is 55.0 Å². The summed E-state index contributed by atoms with van der Waals surface area (Å²) in [5.74, 6) is 2.56. The first-order chi connectivity index (χ1) is 37.2.